The van der Waals surface area contributed by atoms with Gasteiger partial charge in [0.25, 0.3) is 0 Å². The van der Waals surface area contributed by atoms with Gasteiger partial charge in [0.05, 0.1) is 11.6 Å². The molecule has 0 aromatic heterocycles. The maximum atomic E-state index is 12.8. The predicted molar refractivity (Wildman–Crippen MR) is 112 cm³/mol. The molecule has 0 fully saturated rings. The zero-order valence-corrected chi connectivity index (χ0v) is 18.0. The Morgan fingerprint density at radius 3 is 2.60 bits per heavy atom. The lowest BCUT2D eigenvalue weighted by molar-refractivity contribution is -0.137. The molecule has 1 atom stereocenters. The molecule has 0 amide bonds. The molecule has 0 heterocycles. The number of alkyl halides is 3. The van der Waals surface area contributed by atoms with Crippen molar-refractivity contribution in [2.75, 3.05) is 25.1 Å². The lowest BCUT2D eigenvalue weighted by Gasteiger charge is -2.19. The van der Waals surface area contributed by atoms with Crippen LogP contribution in [0.3, 0.4) is 0 Å². The van der Waals surface area contributed by atoms with E-state index in [0.29, 0.717) is 24.6 Å². The number of unbranched alkanes of at least 4 members (excludes halogenated alkanes) is 1. The molecule has 1 aromatic carbocycles. The van der Waals surface area contributed by atoms with Crippen molar-refractivity contribution >= 4 is 41.7 Å². The van der Waals surface area contributed by atoms with Crippen LogP contribution in [0.1, 0.15) is 43.9 Å². The fourth-order valence-electron chi connectivity index (χ4n) is 2.14. The molecule has 0 radical (unpaired) electrons. The van der Waals surface area contributed by atoms with Crippen molar-refractivity contribution in [3.63, 3.8) is 0 Å². The summed E-state index contributed by atoms with van der Waals surface area (Å²) in [7, 11) is 0. The summed E-state index contributed by atoms with van der Waals surface area (Å²) < 4.78 is 38.5. The Labute approximate surface area is 169 Å². The highest BCUT2D eigenvalue weighted by Crippen LogP contribution is 2.30. The van der Waals surface area contributed by atoms with Gasteiger partial charge in [-0.2, -0.15) is 24.9 Å². The molecule has 0 aliphatic carbocycles. The number of thioether (sulfide) groups is 1. The summed E-state index contributed by atoms with van der Waals surface area (Å²) in [5.41, 5.74) is -0.0505. The van der Waals surface area contributed by atoms with Gasteiger partial charge < -0.3 is 10.6 Å². The average molecular weight is 489 g/mol. The lowest BCUT2D eigenvalue weighted by Crippen LogP contribution is -2.38. The first-order valence-electron chi connectivity index (χ1n) is 8.09. The van der Waals surface area contributed by atoms with Crippen LogP contribution in [-0.2, 0) is 6.18 Å². The van der Waals surface area contributed by atoms with E-state index in [-0.39, 0.29) is 30.0 Å². The summed E-state index contributed by atoms with van der Waals surface area (Å²) in [5, 5.41) is 6.30. The molecule has 1 aromatic rings. The smallest absolute Gasteiger partial charge is 0.357 e. The number of halogens is 4. The van der Waals surface area contributed by atoms with Crippen LogP contribution >= 0.6 is 35.7 Å². The van der Waals surface area contributed by atoms with E-state index in [1.54, 1.807) is 6.07 Å². The van der Waals surface area contributed by atoms with Gasteiger partial charge in [0.1, 0.15) is 0 Å². The molecule has 3 nitrogen and oxygen atoms in total. The van der Waals surface area contributed by atoms with E-state index in [0.717, 1.165) is 24.7 Å². The number of guanidine groups is 1. The Morgan fingerprint density at radius 1 is 1.28 bits per heavy atom. The minimum absolute atomic E-state index is 0. The van der Waals surface area contributed by atoms with Crippen LogP contribution in [0, 0.1) is 0 Å². The largest absolute Gasteiger partial charge is 0.416 e. The van der Waals surface area contributed by atoms with E-state index in [4.69, 9.17) is 0 Å². The number of nitrogens with zero attached hydrogens (tertiary/aromatic N) is 1. The molecule has 144 valence electrons. The molecule has 8 heteroatoms. The first-order chi connectivity index (χ1) is 11.4. The topological polar surface area (TPSA) is 36.4 Å². The van der Waals surface area contributed by atoms with Crippen LogP contribution in [0.25, 0.3) is 0 Å². The van der Waals surface area contributed by atoms with Crippen LogP contribution < -0.4 is 10.6 Å². The lowest BCUT2D eigenvalue weighted by atomic mass is 10.1. The Balaban J connectivity index is 0.00000576. The van der Waals surface area contributed by atoms with Crippen LogP contribution in [0.2, 0.25) is 0 Å². The summed E-state index contributed by atoms with van der Waals surface area (Å²) >= 11 is 1.81. The van der Waals surface area contributed by atoms with Crippen LogP contribution in [0.4, 0.5) is 13.2 Å². The fourth-order valence-corrected chi connectivity index (χ4v) is 2.63. The molecule has 0 spiro atoms. The molecule has 0 aliphatic rings. The average Bonchev–Trinajstić information content (AvgIpc) is 2.54. The standard InChI is InChI=1S/C17H26F3N3S.HI/c1-4-21-16(22-10-5-6-11-24-3)23-13(2)14-8-7-9-15(12-14)17(18,19)20;/h7-9,12-13H,4-6,10-11H2,1-3H3,(H2,21,22,23);1H. The third-order valence-electron chi connectivity index (χ3n) is 3.44. The molecule has 25 heavy (non-hydrogen) atoms. The van der Waals surface area contributed by atoms with Crippen LogP contribution in [0.15, 0.2) is 29.3 Å². The molecule has 0 saturated heterocycles. The zero-order valence-electron chi connectivity index (χ0n) is 14.8. The normalized spacial score (nSPS) is 13.1. The van der Waals surface area contributed by atoms with Gasteiger partial charge in [0.2, 0.25) is 0 Å². The molecular weight excluding hydrogens is 462 g/mol. The number of rotatable bonds is 8. The summed E-state index contributed by atoms with van der Waals surface area (Å²) in [6.07, 6.45) is -0.153. The Kier molecular flexibility index (Phi) is 12.3. The van der Waals surface area contributed by atoms with E-state index in [1.807, 2.05) is 25.6 Å². The van der Waals surface area contributed by atoms with Crippen molar-refractivity contribution in [3.8, 4) is 0 Å². The van der Waals surface area contributed by atoms with Gasteiger partial charge in [-0.25, -0.2) is 0 Å². The maximum Gasteiger partial charge on any atom is 0.416 e. The number of benzene rings is 1. The highest BCUT2D eigenvalue weighted by Gasteiger charge is 2.30. The number of hydrogen-bond donors (Lipinski definition) is 2. The first kappa shape index (κ1) is 24.4. The van der Waals surface area contributed by atoms with Crippen molar-refractivity contribution < 1.29 is 13.2 Å². The summed E-state index contributed by atoms with van der Waals surface area (Å²) in [5.74, 6) is 1.74. The summed E-state index contributed by atoms with van der Waals surface area (Å²) in [6.45, 7) is 5.19. The third kappa shape index (κ3) is 9.58. The second-order valence-electron chi connectivity index (χ2n) is 5.45. The van der Waals surface area contributed by atoms with Crippen molar-refractivity contribution in [2.24, 2.45) is 4.99 Å². The monoisotopic (exact) mass is 489 g/mol. The van der Waals surface area contributed by atoms with Gasteiger partial charge >= 0.3 is 6.18 Å². The van der Waals surface area contributed by atoms with Crippen molar-refractivity contribution in [1.82, 2.24) is 10.6 Å². The van der Waals surface area contributed by atoms with Gasteiger partial charge in [-0.3, -0.25) is 4.99 Å². The van der Waals surface area contributed by atoms with Gasteiger partial charge in [-0.05, 0) is 56.4 Å². The molecule has 1 unspecified atom stereocenters. The minimum atomic E-state index is -4.33. The van der Waals surface area contributed by atoms with Crippen LogP contribution in [0.5, 0.6) is 0 Å². The third-order valence-corrected chi connectivity index (χ3v) is 4.13. The second kappa shape index (κ2) is 12.7. The van der Waals surface area contributed by atoms with Gasteiger partial charge in [-0.15, -0.1) is 24.0 Å². The highest BCUT2D eigenvalue weighted by molar-refractivity contribution is 14.0. The van der Waals surface area contributed by atoms with Gasteiger partial charge in [0.15, 0.2) is 5.96 Å². The number of aliphatic imine (C=N–C) groups is 1. The first-order valence-corrected chi connectivity index (χ1v) is 9.48. The van der Waals surface area contributed by atoms with Gasteiger partial charge in [-0.1, -0.05) is 12.1 Å². The Morgan fingerprint density at radius 2 is 2.00 bits per heavy atom. The second-order valence-corrected chi connectivity index (χ2v) is 6.44. The van der Waals surface area contributed by atoms with Crippen LogP contribution in [-0.4, -0.2) is 31.1 Å². The molecule has 0 bridgehead atoms. The van der Waals surface area contributed by atoms with Crippen molar-refractivity contribution in [1.29, 1.82) is 0 Å². The fraction of sp³-hybridized carbons (Fsp3) is 0.588. The van der Waals surface area contributed by atoms with E-state index in [9.17, 15) is 13.2 Å². The number of hydrogen-bond acceptors (Lipinski definition) is 2. The summed E-state index contributed by atoms with van der Waals surface area (Å²) in [4.78, 5) is 4.48. The zero-order chi connectivity index (χ0) is 18.0. The molecule has 2 N–H and O–H groups in total. The molecule has 0 aliphatic heterocycles. The molecule has 0 saturated carbocycles. The molecule has 1 rings (SSSR count). The SMILES string of the molecule is CCNC(=NCCCCSC)NC(C)c1cccc(C(F)(F)F)c1.I. The quantitative estimate of drug-likeness (QED) is 0.232. The predicted octanol–water partition coefficient (Wildman–Crippen LogP) is 5.08. The summed E-state index contributed by atoms with van der Waals surface area (Å²) in [6, 6.07) is 5.12. The van der Waals surface area contributed by atoms with E-state index < -0.39 is 11.7 Å². The van der Waals surface area contributed by atoms with E-state index >= 15 is 0 Å². The number of nitrogens with one attached hydrogen (secondary N) is 2. The molecular formula is C17H27F3IN3S. The van der Waals surface area contributed by atoms with Crippen molar-refractivity contribution in [2.45, 2.75) is 38.9 Å². The maximum absolute atomic E-state index is 12.8. The Hall–Kier alpha value is -0.640. The van der Waals surface area contributed by atoms with E-state index in [2.05, 4.69) is 21.9 Å². The Bertz CT molecular complexity index is 524. The minimum Gasteiger partial charge on any atom is -0.357 e. The van der Waals surface area contributed by atoms with Crippen molar-refractivity contribution in [3.05, 3.63) is 35.4 Å². The van der Waals surface area contributed by atoms with E-state index in [1.165, 1.54) is 12.1 Å². The highest BCUT2D eigenvalue weighted by atomic mass is 127. The van der Waals surface area contributed by atoms with Gasteiger partial charge in [0, 0.05) is 13.1 Å².